The van der Waals surface area contributed by atoms with Gasteiger partial charge in [-0.05, 0) is 26.1 Å². The zero-order valence-electron chi connectivity index (χ0n) is 15.0. The number of carbonyl (C=O) groups is 1. The summed E-state index contributed by atoms with van der Waals surface area (Å²) in [7, 11) is 1.78. The van der Waals surface area contributed by atoms with Crippen LogP contribution >= 0.6 is 0 Å². The second kappa shape index (κ2) is 7.51. The fourth-order valence-electron chi connectivity index (χ4n) is 3.02. The first-order valence-electron chi connectivity index (χ1n) is 8.43. The van der Waals surface area contributed by atoms with Crippen LogP contribution in [0.5, 0.6) is 0 Å². The lowest BCUT2D eigenvalue weighted by atomic mass is 10.1. The van der Waals surface area contributed by atoms with Gasteiger partial charge in [-0.1, -0.05) is 12.1 Å². The molecule has 9 heteroatoms. The Bertz CT molecular complexity index is 821. The summed E-state index contributed by atoms with van der Waals surface area (Å²) in [6.07, 6.45) is -1.28. The van der Waals surface area contributed by atoms with Crippen molar-refractivity contribution >= 4 is 17.4 Å². The summed E-state index contributed by atoms with van der Waals surface area (Å²) < 4.78 is 39.0. The maximum Gasteiger partial charge on any atom is 0.418 e. The topological polar surface area (TPSA) is 61.4 Å². The fraction of sp³-hybridized carbons (Fsp3) is 0.389. The number of rotatable bonds is 5. The SMILES string of the molecule is Cc1cncnc1N1CC(N(C)CC(=O)Nc2ccccc2C(F)(F)F)C1. The summed E-state index contributed by atoms with van der Waals surface area (Å²) in [6, 6.07) is 5.09. The molecule has 0 spiro atoms. The van der Waals surface area contributed by atoms with E-state index in [0.29, 0.717) is 13.1 Å². The molecule has 3 rings (SSSR count). The number of aryl methyl sites for hydroxylation is 1. The van der Waals surface area contributed by atoms with Gasteiger partial charge in [-0.25, -0.2) is 9.97 Å². The number of nitrogens with zero attached hydrogens (tertiary/aromatic N) is 4. The van der Waals surface area contributed by atoms with E-state index in [9.17, 15) is 18.0 Å². The molecule has 1 amide bonds. The van der Waals surface area contributed by atoms with E-state index in [0.717, 1.165) is 17.4 Å². The predicted octanol–water partition coefficient (Wildman–Crippen LogP) is 2.56. The van der Waals surface area contributed by atoms with Crippen molar-refractivity contribution in [2.24, 2.45) is 0 Å². The van der Waals surface area contributed by atoms with Gasteiger partial charge >= 0.3 is 6.18 Å². The monoisotopic (exact) mass is 379 g/mol. The van der Waals surface area contributed by atoms with Crippen molar-refractivity contribution in [3.8, 4) is 0 Å². The summed E-state index contributed by atoms with van der Waals surface area (Å²) in [4.78, 5) is 24.3. The highest BCUT2D eigenvalue weighted by Gasteiger charge is 2.35. The summed E-state index contributed by atoms with van der Waals surface area (Å²) in [6.45, 7) is 3.33. The van der Waals surface area contributed by atoms with Crippen LogP contribution in [0.1, 0.15) is 11.1 Å². The molecular weight excluding hydrogens is 359 g/mol. The number of alkyl halides is 3. The lowest BCUT2D eigenvalue weighted by Gasteiger charge is -2.44. The van der Waals surface area contributed by atoms with Gasteiger partial charge in [0, 0.05) is 30.9 Å². The van der Waals surface area contributed by atoms with Gasteiger partial charge in [-0.3, -0.25) is 9.69 Å². The van der Waals surface area contributed by atoms with Crippen LogP contribution in [0.3, 0.4) is 0 Å². The van der Waals surface area contributed by atoms with Crippen molar-refractivity contribution in [1.29, 1.82) is 0 Å². The molecule has 0 saturated carbocycles. The van der Waals surface area contributed by atoms with Crippen LogP contribution < -0.4 is 10.2 Å². The smallest absolute Gasteiger partial charge is 0.353 e. The third kappa shape index (κ3) is 4.36. The normalized spacial score (nSPS) is 15.0. The van der Waals surface area contributed by atoms with Crippen LogP contribution in [-0.4, -0.2) is 53.5 Å². The molecule has 2 heterocycles. The molecule has 0 bridgehead atoms. The molecule has 6 nitrogen and oxygen atoms in total. The van der Waals surface area contributed by atoms with Gasteiger partial charge in [0.15, 0.2) is 0 Å². The molecule has 1 aromatic heterocycles. The number of likely N-dealkylation sites (N-methyl/N-ethyl adjacent to an activating group) is 1. The number of aromatic nitrogens is 2. The lowest BCUT2D eigenvalue weighted by molar-refractivity contribution is -0.137. The van der Waals surface area contributed by atoms with Crippen LogP contribution in [0.25, 0.3) is 0 Å². The number of nitrogens with one attached hydrogen (secondary N) is 1. The Labute approximate surface area is 155 Å². The largest absolute Gasteiger partial charge is 0.418 e. The van der Waals surface area contributed by atoms with E-state index in [1.165, 1.54) is 24.5 Å². The van der Waals surface area contributed by atoms with Crippen LogP contribution in [-0.2, 0) is 11.0 Å². The Hall–Kier alpha value is -2.68. The fourth-order valence-corrected chi connectivity index (χ4v) is 3.02. The molecule has 1 N–H and O–H groups in total. The molecule has 1 fully saturated rings. The molecule has 27 heavy (non-hydrogen) atoms. The predicted molar refractivity (Wildman–Crippen MR) is 95.5 cm³/mol. The van der Waals surface area contributed by atoms with E-state index in [-0.39, 0.29) is 18.3 Å². The van der Waals surface area contributed by atoms with Crippen molar-refractivity contribution in [1.82, 2.24) is 14.9 Å². The van der Waals surface area contributed by atoms with Gasteiger partial charge in [0.2, 0.25) is 5.91 Å². The van der Waals surface area contributed by atoms with E-state index >= 15 is 0 Å². The first kappa shape index (κ1) is 19.1. The highest BCUT2D eigenvalue weighted by Crippen LogP contribution is 2.34. The Kier molecular flexibility index (Phi) is 5.31. The summed E-state index contributed by atoms with van der Waals surface area (Å²) in [5, 5.41) is 2.37. The molecule has 1 aromatic carbocycles. The Morgan fingerprint density at radius 1 is 1.33 bits per heavy atom. The van der Waals surface area contributed by atoms with Gasteiger partial charge in [-0.15, -0.1) is 0 Å². The standard InChI is InChI=1S/C18H20F3N5O/c1-12-7-22-11-23-17(12)26-8-13(9-26)25(2)10-16(27)24-15-6-4-3-5-14(15)18(19,20)21/h3-7,11,13H,8-10H2,1-2H3,(H,24,27). The molecule has 1 saturated heterocycles. The number of halogens is 3. The zero-order chi connectivity index (χ0) is 19.6. The van der Waals surface area contributed by atoms with Crippen LogP contribution in [0.15, 0.2) is 36.8 Å². The van der Waals surface area contributed by atoms with Crippen molar-refractivity contribution < 1.29 is 18.0 Å². The molecular formula is C18H20F3N5O. The number of carbonyl (C=O) groups excluding carboxylic acids is 1. The average molecular weight is 379 g/mol. The van der Waals surface area contributed by atoms with Crippen LogP contribution in [0.2, 0.25) is 0 Å². The Morgan fingerprint density at radius 3 is 2.70 bits per heavy atom. The van der Waals surface area contributed by atoms with E-state index in [1.807, 2.05) is 11.8 Å². The molecule has 0 radical (unpaired) electrons. The second-order valence-electron chi connectivity index (χ2n) is 6.59. The van der Waals surface area contributed by atoms with Crippen LogP contribution in [0.4, 0.5) is 24.7 Å². The van der Waals surface area contributed by atoms with E-state index in [2.05, 4.69) is 20.2 Å². The molecule has 1 aliphatic heterocycles. The third-order valence-corrected chi connectivity index (χ3v) is 4.55. The van der Waals surface area contributed by atoms with Gasteiger partial charge < -0.3 is 10.2 Å². The Balaban J connectivity index is 1.55. The summed E-state index contributed by atoms with van der Waals surface area (Å²) in [5.74, 6) is 0.379. The number of hydrogen-bond donors (Lipinski definition) is 1. The number of hydrogen-bond acceptors (Lipinski definition) is 5. The molecule has 0 atom stereocenters. The summed E-state index contributed by atoms with van der Waals surface area (Å²) in [5.41, 5.74) is -0.106. The number of anilines is 2. The maximum atomic E-state index is 13.0. The highest BCUT2D eigenvalue weighted by atomic mass is 19.4. The quantitative estimate of drug-likeness (QED) is 0.865. The minimum Gasteiger partial charge on any atom is -0.353 e. The molecule has 144 valence electrons. The lowest BCUT2D eigenvalue weighted by Crippen LogP contribution is -2.60. The van der Waals surface area contributed by atoms with E-state index < -0.39 is 17.6 Å². The van der Waals surface area contributed by atoms with E-state index in [1.54, 1.807) is 13.2 Å². The minimum atomic E-state index is -4.51. The molecule has 0 aliphatic carbocycles. The van der Waals surface area contributed by atoms with Crippen molar-refractivity contribution in [3.05, 3.63) is 47.9 Å². The molecule has 2 aromatic rings. The number of para-hydroxylation sites is 1. The van der Waals surface area contributed by atoms with Gasteiger partial charge in [-0.2, -0.15) is 13.2 Å². The second-order valence-corrected chi connectivity index (χ2v) is 6.59. The maximum absolute atomic E-state index is 13.0. The highest BCUT2D eigenvalue weighted by molar-refractivity contribution is 5.93. The van der Waals surface area contributed by atoms with E-state index in [4.69, 9.17) is 0 Å². The van der Waals surface area contributed by atoms with Gasteiger partial charge in [0.25, 0.3) is 0 Å². The average Bonchev–Trinajstić information content (AvgIpc) is 2.54. The van der Waals surface area contributed by atoms with Crippen molar-refractivity contribution in [3.63, 3.8) is 0 Å². The first-order valence-corrected chi connectivity index (χ1v) is 8.43. The minimum absolute atomic E-state index is 0.00739. The number of amides is 1. The van der Waals surface area contributed by atoms with Gasteiger partial charge in [0.1, 0.15) is 12.1 Å². The Morgan fingerprint density at radius 2 is 2.04 bits per heavy atom. The number of benzene rings is 1. The molecule has 0 unspecified atom stereocenters. The summed E-state index contributed by atoms with van der Waals surface area (Å²) >= 11 is 0. The van der Waals surface area contributed by atoms with Gasteiger partial charge in [0.05, 0.1) is 17.8 Å². The third-order valence-electron chi connectivity index (χ3n) is 4.55. The van der Waals surface area contributed by atoms with Crippen molar-refractivity contribution in [2.75, 3.05) is 36.9 Å². The first-order chi connectivity index (χ1) is 12.8. The molecule has 1 aliphatic rings. The van der Waals surface area contributed by atoms with Crippen molar-refractivity contribution in [2.45, 2.75) is 19.1 Å². The van der Waals surface area contributed by atoms with Crippen LogP contribution in [0, 0.1) is 6.92 Å². The zero-order valence-corrected chi connectivity index (χ0v) is 15.0.